The van der Waals surface area contributed by atoms with Gasteiger partial charge in [0.05, 0.1) is 6.04 Å². The summed E-state index contributed by atoms with van der Waals surface area (Å²) in [5, 5.41) is 3.54. The predicted octanol–water partition coefficient (Wildman–Crippen LogP) is 3.64. The first-order chi connectivity index (χ1) is 9.64. The number of halogens is 1. The van der Waals surface area contributed by atoms with Gasteiger partial charge in [-0.15, -0.1) is 0 Å². The Hall–Kier alpha value is -0.780. The Morgan fingerprint density at radius 2 is 1.86 bits per heavy atom. The van der Waals surface area contributed by atoms with Gasteiger partial charge in [-0.3, -0.25) is 4.79 Å². The molecule has 21 heavy (non-hydrogen) atoms. The monoisotopic (exact) mass is 365 g/mol. The van der Waals surface area contributed by atoms with Crippen molar-refractivity contribution in [3.8, 4) is 0 Å². The average molecular weight is 366 g/mol. The van der Waals surface area contributed by atoms with E-state index in [0.717, 1.165) is 18.2 Å². The first-order valence-corrected chi connectivity index (χ1v) is 8.47. The summed E-state index contributed by atoms with van der Waals surface area (Å²) in [7, 11) is 0. The van der Waals surface area contributed by atoms with Crippen LogP contribution < -0.4 is 5.32 Å². The van der Waals surface area contributed by atoms with Crippen LogP contribution in [0.15, 0.2) is 0 Å². The van der Waals surface area contributed by atoms with Crippen molar-refractivity contribution in [2.45, 2.75) is 65.5 Å². The molecule has 0 saturated heterocycles. The van der Waals surface area contributed by atoms with Crippen molar-refractivity contribution >= 4 is 28.0 Å². The lowest BCUT2D eigenvalue weighted by atomic mass is 10.0. The molecule has 1 N–H and O–H groups in total. The van der Waals surface area contributed by atoms with Crippen LogP contribution in [0, 0.1) is 5.92 Å². The molecule has 6 heteroatoms. The molecule has 0 aromatic carbocycles. The lowest BCUT2D eigenvalue weighted by Gasteiger charge is -2.24. The van der Waals surface area contributed by atoms with E-state index in [1.807, 2.05) is 20.8 Å². The highest BCUT2D eigenvalue weighted by Gasteiger charge is 2.21. The summed E-state index contributed by atoms with van der Waals surface area (Å²) in [6.45, 7) is 9.71. The Morgan fingerprint density at radius 3 is 2.33 bits per heavy atom. The van der Waals surface area contributed by atoms with Crippen LogP contribution in [-0.2, 0) is 14.3 Å². The zero-order chi connectivity index (χ0) is 16.5. The van der Waals surface area contributed by atoms with E-state index in [-0.39, 0.29) is 18.6 Å². The Labute approximate surface area is 136 Å². The number of rotatable bonds is 8. The van der Waals surface area contributed by atoms with Crippen LogP contribution in [0.25, 0.3) is 0 Å². The Balaban J connectivity index is 4.32. The molecule has 0 rings (SSSR count). The maximum absolute atomic E-state index is 11.8. The molecule has 0 aliphatic rings. The summed E-state index contributed by atoms with van der Waals surface area (Å²) in [4.78, 5) is 23.3. The fraction of sp³-hybridized carbons (Fsp3) is 0.867. The third kappa shape index (κ3) is 12.7. The van der Waals surface area contributed by atoms with Gasteiger partial charge in [-0.1, -0.05) is 29.8 Å². The van der Waals surface area contributed by atoms with Crippen LogP contribution in [0.4, 0.5) is 4.79 Å². The Morgan fingerprint density at radius 1 is 1.24 bits per heavy atom. The van der Waals surface area contributed by atoms with Gasteiger partial charge in [-0.25, -0.2) is 4.79 Å². The van der Waals surface area contributed by atoms with E-state index in [9.17, 15) is 9.59 Å². The molecule has 0 radical (unpaired) electrons. The fourth-order valence-corrected chi connectivity index (χ4v) is 1.97. The molecule has 0 aliphatic heterocycles. The van der Waals surface area contributed by atoms with Crippen LogP contribution in [0.5, 0.6) is 0 Å². The topological polar surface area (TPSA) is 64.6 Å². The van der Waals surface area contributed by atoms with Crippen LogP contribution in [-0.4, -0.2) is 35.6 Å². The van der Waals surface area contributed by atoms with Crippen LogP contribution >= 0.6 is 15.9 Å². The molecule has 0 bridgehead atoms. The number of esters is 1. The van der Waals surface area contributed by atoms with E-state index in [1.165, 1.54) is 0 Å². The highest BCUT2D eigenvalue weighted by atomic mass is 79.9. The molecule has 0 aliphatic carbocycles. The Bertz CT molecular complexity index is 326. The summed E-state index contributed by atoms with van der Waals surface area (Å²) >= 11 is 3.27. The fourth-order valence-electron chi connectivity index (χ4n) is 1.69. The summed E-state index contributed by atoms with van der Waals surface area (Å²) in [5.74, 6) is 0.139. The highest BCUT2D eigenvalue weighted by Crippen LogP contribution is 2.10. The molecule has 1 atom stereocenters. The molecule has 0 saturated carbocycles. The molecule has 1 amide bonds. The standard InChI is InChI=1S/C15H28BrNO4/c1-11(2)9-12(10-20-13(18)7-6-8-16)17-14(19)21-15(3,4)5/h11-12H,6-10H2,1-5H3,(H,17,19). The second kappa shape index (κ2) is 10.0. The van der Waals surface area contributed by atoms with Gasteiger partial charge in [0.1, 0.15) is 12.2 Å². The van der Waals surface area contributed by atoms with Crippen molar-refractivity contribution in [2.75, 3.05) is 11.9 Å². The van der Waals surface area contributed by atoms with E-state index >= 15 is 0 Å². The molecular formula is C15H28BrNO4. The normalized spacial score (nSPS) is 12.9. The number of hydrogen-bond acceptors (Lipinski definition) is 4. The van der Waals surface area contributed by atoms with Gasteiger partial charge in [0.25, 0.3) is 0 Å². The molecule has 0 aromatic heterocycles. The SMILES string of the molecule is CC(C)CC(COC(=O)CCCBr)NC(=O)OC(C)(C)C. The van der Waals surface area contributed by atoms with E-state index in [2.05, 4.69) is 35.1 Å². The van der Waals surface area contributed by atoms with Gasteiger partial charge in [-0.2, -0.15) is 0 Å². The second-order valence-electron chi connectivity index (χ2n) is 6.45. The summed E-state index contributed by atoms with van der Waals surface area (Å²) in [6, 6.07) is -0.229. The highest BCUT2D eigenvalue weighted by molar-refractivity contribution is 9.09. The first-order valence-electron chi connectivity index (χ1n) is 7.35. The number of alkyl carbamates (subject to hydrolysis) is 1. The molecule has 0 spiro atoms. The summed E-state index contributed by atoms with van der Waals surface area (Å²) in [6.07, 6.45) is 1.37. The average Bonchev–Trinajstić information content (AvgIpc) is 2.30. The Kier molecular flexibility index (Phi) is 9.66. The molecule has 0 aromatic rings. The number of hydrogen-bond donors (Lipinski definition) is 1. The van der Waals surface area contributed by atoms with E-state index in [0.29, 0.717) is 12.3 Å². The number of carbonyl (C=O) groups is 2. The van der Waals surface area contributed by atoms with Crippen molar-refractivity contribution in [1.29, 1.82) is 0 Å². The quantitative estimate of drug-likeness (QED) is 0.526. The number of carbonyl (C=O) groups excluding carboxylic acids is 2. The molecular weight excluding hydrogens is 338 g/mol. The molecule has 0 heterocycles. The van der Waals surface area contributed by atoms with Crippen molar-refractivity contribution in [3.05, 3.63) is 0 Å². The lowest BCUT2D eigenvalue weighted by Crippen LogP contribution is -2.42. The van der Waals surface area contributed by atoms with E-state index in [1.54, 1.807) is 0 Å². The predicted molar refractivity (Wildman–Crippen MR) is 86.6 cm³/mol. The molecule has 124 valence electrons. The zero-order valence-corrected chi connectivity index (χ0v) is 15.3. The number of ether oxygens (including phenoxy) is 2. The van der Waals surface area contributed by atoms with Crippen molar-refractivity contribution in [3.63, 3.8) is 0 Å². The van der Waals surface area contributed by atoms with Crippen molar-refractivity contribution in [2.24, 2.45) is 5.92 Å². The molecule has 5 nitrogen and oxygen atoms in total. The van der Waals surface area contributed by atoms with E-state index < -0.39 is 11.7 Å². The van der Waals surface area contributed by atoms with Gasteiger partial charge in [-0.05, 0) is 39.5 Å². The smallest absolute Gasteiger partial charge is 0.407 e. The van der Waals surface area contributed by atoms with Crippen molar-refractivity contribution < 1.29 is 19.1 Å². The third-order valence-corrected chi connectivity index (χ3v) is 3.00. The van der Waals surface area contributed by atoms with Crippen LogP contribution in [0.3, 0.4) is 0 Å². The van der Waals surface area contributed by atoms with Gasteiger partial charge in [0, 0.05) is 11.8 Å². The zero-order valence-electron chi connectivity index (χ0n) is 13.7. The van der Waals surface area contributed by atoms with Gasteiger partial charge < -0.3 is 14.8 Å². The van der Waals surface area contributed by atoms with E-state index in [4.69, 9.17) is 9.47 Å². The minimum Gasteiger partial charge on any atom is -0.463 e. The maximum Gasteiger partial charge on any atom is 0.407 e. The maximum atomic E-state index is 11.8. The van der Waals surface area contributed by atoms with Gasteiger partial charge in [0.2, 0.25) is 0 Å². The third-order valence-electron chi connectivity index (χ3n) is 2.44. The van der Waals surface area contributed by atoms with Crippen molar-refractivity contribution in [1.82, 2.24) is 5.32 Å². The van der Waals surface area contributed by atoms with Crippen LogP contribution in [0.2, 0.25) is 0 Å². The van der Waals surface area contributed by atoms with Gasteiger partial charge in [0.15, 0.2) is 0 Å². The molecule has 0 fully saturated rings. The second-order valence-corrected chi connectivity index (χ2v) is 7.24. The molecule has 1 unspecified atom stereocenters. The number of alkyl halides is 1. The summed E-state index contributed by atoms with van der Waals surface area (Å²) in [5.41, 5.74) is -0.543. The van der Waals surface area contributed by atoms with Gasteiger partial charge >= 0.3 is 12.1 Å². The summed E-state index contributed by atoms with van der Waals surface area (Å²) < 4.78 is 10.4. The largest absolute Gasteiger partial charge is 0.463 e. The minimum atomic E-state index is -0.543. The number of amides is 1. The minimum absolute atomic E-state index is 0.179. The lowest BCUT2D eigenvalue weighted by molar-refractivity contribution is -0.144. The first kappa shape index (κ1) is 20.2. The number of nitrogens with one attached hydrogen (secondary N) is 1. The van der Waals surface area contributed by atoms with Crippen LogP contribution in [0.1, 0.15) is 53.9 Å².